The smallest absolute Gasteiger partial charge is 0.184 e. The van der Waals surface area contributed by atoms with Crippen molar-refractivity contribution in [3.63, 3.8) is 0 Å². The molecule has 2 aromatic rings. The quantitative estimate of drug-likeness (QED) is 0.285. The molecule has 0 aliphatic heterocycles. The van der Waals surface area contributed by atoms with Crippen molar-refractivity contribution in [1.29, 1.82) is 0 Å². The summed E-state index contributed by atoms with van der Waals surface area (Å²) < 4.78 is 22.0. The Bertz CT molecular complexity index is 817. The number of hydrazone groups is 1. The van der Waals surface area contributed by atoms with E-state index in [-0.39, 0.29) is 11.7 Å². The zero-order valence-electron chi connectivity index (χ0n) is 14.9. The molecule has 0 radical (unpaired) electrons. The molecular formula is C18H20ClN3O4S. The number of nitrogens with one attached hydrogen (secondary N) is 1. The Labute approximate surface area is 168 Å². The summed E-state index contributed by atoms with van der Waals surface area (Å²) in [6.07, 6.45) is 1.52. The Morgan fingerprint density at radius 3 is 2.44 bits per heavy atom. The second-order valence-corrected chi connectivity index (χ2v) is 5.96. The maximum absolute atomic E-state index is 6.30. The van der Waals surface area contributed by atoms with Crippen LogP contribution in [0.25, 0.3) is 0 Å². The summed E-state index contributed by atoms with van der Waals surface area (Å²) in [7, 11) is 3.11. The van der Waals surface area contributed by atoms with E-state index in [0.29, 0.717) is 40.2 Å². The van der Waals surface area contributed by atoms with Crippen LogP contribution in [0, 0.1) is 0 Å². The first-order valence-electron chi connectivity index (χ1n) is 7.89. The van der Waals surface area contributed by atoms with Gasteiger partial charge in [-0.1, -0.05) is 23.7 Å². The zero-order chi connectivity index (χ0) is 19.6. The van der Waals surface area contributed by atoms with Crippen molar-refractivity contribution >= 4 is 35.1 Å². The molecule has 2 rings (SSSR count). The Hall–Kier alpha value is -2.71. The fraction of sp³-hybridized carbons (Fsp3) is 0.222. The molecule has 144 valence electrons. The predicted molar refractivity (Wildman–Crippen MR) is 110 cm³/mol. The molecule has 0 aliphatic carbocycles. The van der Waals surface area contributed by atoms with Gasteiger partial charge in [-0.05, 0) is 42.0 Å². The molecule has 9 heteroatoms. The summed E-state index contributed by atoms with van der Waals surface area (Å²) >= 11 is 11.0. The van der Waals surface area contributed by atoms with Gasteiger partial charge < -0.3 is 24.7 Å². The molecule has 27 heavy (non-hydrogen) atoms. The maximum Gasteiger partial charge on any atom is 0.184 e. The van der Waals surface area contributed by atoms with Crippen LogP contribution in [-0.4, -0.2) is 38.8 Å². The van der Waals surface area contributed by atoms with Gasteiger partial charge in [-0.25, -0.2) is 0 Å². The van der Waals surface area contributed by atoms with Crippen LogP contribution in [0.1, 0.15) is 5.56 Å². The molecule has 0 amide bonds. The van der Waals surface area contributed by atoms with Crippen LogP contribution >= 0.6 is 23.8 Å². The highest BCUT2D eigenvalue weighted by Gasteiger charge is 2.12. The van der Waals surface area contributed by atoms with Gasteiger partial charge in [0.1, 0.15) is 13.2 Å². The standard InChI is InChI=1S/C18H20ClN3O4S/c1-23-14-5-3-4-6-15(14)25-7-8-26-17-13(19)9-12(10-16(17)24-2)11-21-22-18(20)27/h3-6,9-11H,7-8H2,1-2H3,(H3,20,22,27)/b21-11+. The number of nitrogens with two attached hydrogens (primary N) is 1. The van der Waals surface area contributed by atoms with Crippen LogP contribution in [0.5, 0.6) is 23.0 Å². The predicted octanol–water partition coefficient (Wildman–Crippen LogP) is 2.98. The molecule has 2 aromatic carbocycles. The van der Waals surface area contributed by atoms with Crippen molar-refractivity contribution in [1.82, 2.24) is 5.43 Å². The Morgan fingerprint density at radius 2 is 1.78 bits per heavy atom. The average molecular weight is 410 g/mol. The van der Waals surface area contributed by atoms with Gasteiger partial charge in [0.25, 0.3) is 0 Å². The zero-order valence-corrected chi connectivity index (χ0v) is 16.5. The monoisotopic (exact) mass is 409 g/mol. The molecule has 0 spiro atoms. The van der Waals surface area contributed by atoms with E-state index in [4.69, 9.17) is 36.3 Å². The second-order valence-electron chi connectivity index (χ2n) is 5.12. The number of rotatable bonds is 9. The van der Waals surface area contributed by atoms with Crippen LogP contribution in [0.4, 0.5) is 0 Å². The van der Waals surface area contributed by atoms with Crippen molar-refractivity contribution < 1.29 is 18.9 Å². The number of para-hydroxylation sites is 2. The van der Waals surface area contributed by atoms with Crippen molar-refractivity contribution in [2.75, 3.05) is 27.4 Å². The first-order valence-corrected chi connectivity index (χ1v) is 8.68. The third kappa shape index (κ3) is 6.19. The van der Waals surface area contributed by atoms with E-state index < -0.39 is 0 Å². The van der Waals surface area contributed by atoms with E-state index in [1.54, 1.807) is 19.2 Å². The van der Waals surface area contributed by atoms with Crippen molar-refractivity contribution in [3.05, 3.63) is 47.0 Å². The molecule has 0 saturated carbocycles. The van der Waals surface area contributed by atoms with Crippen LogP contribution in [0.15, 0.2) is 41.5 Å². The molecule has 0 fully saturated rings. The number of thiocarbonyl (C=S) groups is 1. The largest absolute Gasteiger partial charge is 0.493 e. The van der Waals surface area contributed by atoms with Gasteiger partial charge in [-0.15, -0.1) is 0 Å². The van der Waals surface area contributed by atoms with Crippen molar-refractivity contribution in [2.45, 2.75) is 0 Å². The van der Waals surface area contributed by atoms with Crippen molar-refractivity contribution in [2.24, 2.45) is 10.8 Å². The highest BCUT2D eigenvalue weighted by atomic mass is 35.5. The molecule has 3 N–H and O–H groups in total. The summed E-state index contributed by atoms with van der Waals surface area (Å²) in [6.45, 7) is 0.575. The Balaban J connectivity index is 1.99. The summed E-state index contributed by atoms with van der Waals surface area (Å²) in [5.41, 5.74) is 8.47. The minimum Gasteiger partial charge on any atom is -0.493 e. The highest BCUT2D eigenvalue weighted by molar-refractivity contribution is 7.80. The van der Waals surface area contributed by atoms with E-state index in [1.807, 2.05) is 24.3 Å². The lowest BCUT2D eigenvalue weighted by Gasteiger charge is -2.14. The number of halogens is 1. The van der Waals surface area contributed by atoms with E-state index in [9.17, 15) is 0 Å². The lowest BCUT2D eigenvalue weighted by Crippen LogP contribution is -2.23. The minimum atomic E-state index is 0.0688. The Morgan fingerprint density at radius 1 is 1.11 bits per heavy atom. The molecule has 0 saturated heterocycles. The SMILES string of the molecule is COc1ccccc1OCCOc1c(Cl)cc(/C=N/NC(N)=S)cc1OC. The minimum absolute atomic E-state index is 0.0688. The molecule has 0 heterocycles. The number of nitrogens with zero attached hydrogens (tertiary/aromatic N) is 1. The number of methoxy groups -OCH3 is 2. The third-order valence-electron chi connectivity index (χ3n) is 3.30. The first-order chi connectivity index (χ1) is 13.0. The summed E-state index contributed by atoms with van der Waals surface area (Å²) in [5.74, 6) is 2.18. The second kappa shape index (κ2) is 10.4. The topological polar surface area (TPSA) is 87.3 Å². The van der Waals surface area contributed by atoms with E-state index in [1.165, 1.54) is 13.3 Å². The average Bonchev–Trinajstić information content (AvgIpc) is 2.66. The van der Waals surface area contributed by atoms with Crippen LogP contribution < -0.4 is 30.1 Å². The van der Waals surface area contributed by atoms with Gasteiger partial charge in [0.05, 0.1) is 25.5 Å². The highest BCUT2D eigenvalue weighted by Crippen LogP contribution is 2.36. The van der Waals surface area contributed by atoms with Crippen LogP contribution in [-0.2, 0) is 0 Å². The van der Waals surface area contributed by atoms with Gasteiger partial charge >= 0.3 is 0 Å². The Kier molecular flexibility index (Phi) is 7.97. The fourth-order valence-corrected chi connectivity index (χ4v) is 2.48. The van der Waals surface area contributed by atoms with Gasteiger partial charge in [0.2, 0.25) is 0 Å². The fourth-order valence-electron chi connectivity index (χ4n) is 2.16. The van der Waals surface area contributed by atoms with Gasteiger partial charge in [0.15, 0.2) is 28.1 Å². The molecule has 0 bridgehead atoms. The molecule has 0 aromatic heterocycles. The number of benzene rings is 2. The lowest BCUT2D eigenvalue weighted by atomic mass is 10.2. The third-order valence-corrected chi connectivity index (χ3v) is 3.67. The molecule has 0 aliphatic rings. The number of hydrogen-bond acceptors (Lipinski definition) is 6. The van der Waals surface area contributed by atoms with Gasteiger partial charge in [-0.2, -0.15) is 5.10 Å². The van der Waals surface area contributed by atoms with Crippen LogP contribution in [0.2, 0.25) is 5.02 Å². The van der Waals surface area contributed by atoms with E-state index >= 15 is 0 Å². The van der Waals surface area contributed by atoms with E-state index in [0.717, 1.165) is 0 Å². The van der Waals surface area contributed by atoms with Crippen LogP contribution in [0.3, 0.4) is 0 Å². The first kappa shape index (κ1) is 20.6. The molecular weight excluding hydrogens is 390 g/mol. The maximum atomic E-state index is 6.30. The lowest BCUT2D eigenvalue weighted by molar-refractivity contribution is 0.206. The summed E-state index contributed by atoms with van der Waals surface area (Å²) in [5, 5.41) is 4.33. The van der Waals surface area contributed by atoms with Crippen molar-refractivity contribution in [3.8, 4) is 23.0 Å². The van der Waals surface area contributed by atoms with Gasteiger partial charge in [0, 0.05) is 0 Å². The summed E-state index contributed by atoms with van der Waals surface area (Å²) in [6, 6.07) is 10.8. The van der Waals surface area contributed by atoms with E-state index in [2.05, 4.69) is 22.7 Å². The number of hydrogen-bond donors (Lipinski definition) is 2. The molecule has 0 atom stereocenters. The summed E-state index contributed by atoms with van der Waals surface area (Å²) in [4.78, 5) is 0. The molecule has 7 nitrogen and oxygen atoms in total. The number of ether oxygens (including phenoxy) is 4. The normalized spacial score (nSPS) is 10.5. The molecule has 0 unspecified atom stereocenters. The van der Waals surface area contributed by atoms with Gasteiger partial charge in [-0.3, -0.25) is 5.43 Å².